The fourth-order valence-electron chi connectivity index (χ4n) is 0.324. The van der Waals surface area contributed by atoms with Crippen LogP contribution < -0.4 is 0 Å². The molecule has 12 heavy (non-hydrogen) atoms. The lowest BCUT2D eigenvalue weighted by molar-refractivity contribution is -0.130. The smallest absolute Gasteiger partial charge is 0.367 e. The highest BCUT2D eigenvalue weighted by Gasteiger charge is 2.23. The lowest BCUT2D eigenvalue weighted by Crippen LogP contribution is -2.00. The van der Waals surface area contributed by atoms with E-state index in [1.807, 2.05) is 0 Å². The van der Waals surface area contributed by atoms with Crippen LogP contribution in [-0.2, 0) is 18.4 Å². The maximum absolute atomic E-state index is 10.7. The first kappa shape index (κ1) is 11.1. The topological polar surface area (TPSA) is 72.8 Å². The van der Waals surface area contributed by atoms with Crippen LogP contribution >= 0.6 is 7.82 Å². The third-order valence-corrected chi connectivity index (χ3v) is 1.61. The summed E-state index contributed by atoms with van der Waals surface area (Å²) in [6, 6.07) is 0. The molecule has 0 spiro atoms. The molecule has 0 bridgehead atoms. The molecule has 0 aliphatic heterocycles. The molecule has 0 aliphatic rings. The lowest BCUT2D eigenvalue weighted by atomic mass is 10.7. The fraction of sp³-hybridized carbons (Fsp3) is 0.167. The molecule has 0 rings (SSSR count). The van der Waals surface area contributed by atoms with Gasteiger partial charge in [-0.2, -0.15) is 0 Å². The van der Waals surface area contributed by atoms with Crippen molar-refractivity contribution in [3.63, 3.8) is 0 Å². The molecule has 0 aromatic heterocycles. The average Bonchev–Trinajstić information content (AvgIpc) is 2.00. The summed E-state index contributed by atoms with van der Waals surface area (Å²) < 4.78 is 19.0. The van der Waals surface area contributed by atoms with Crippen LogP contribution in [0.2, 0.25) is 0 Å². The quantitative estimate of drug-likeness (QED) is 0.400. The Morgan fingerprint density at radius 3 is 2.58 bits per heavy atom. The van der Waals surface area contributed by atoms with Gasteiger partial charge in [-0.05, 0) is 0 Å². The van der Waals surface area contributed by atoms with Crippen molar-refractivity contribution < 1.29 is 23.3 Å². The Balaban J connectivity index is 4.03. The highest BCUT2D eigenvalue weighted by molar-refractivity contribution is 7.48. The first-order chi connectivity index (χ1) is 5.52. The summed E-state index contributed by atoms with van der Waals surface area (Å²) in [5, 5.41) is 0. The monoisotopic (exact) mass is 192 g/mol. The molecule has 0 radical (unpaired) electrons. The summed E-state index contributed by atoms with van der Waals surface area (Å²) in [5.41, 5.74) is 0. The van der Waals surface area contributed by atoms with E-state index in [1.54, 1.807) is 0 Å². The van der Waals surface area contributed by atoms with Gasteiger partial charge in [0.1, 0.15) is 0 Å². The van der Waals surface area contributed by atoms with Gasteiger partial charge in [0.2, 0.25) is 0 Å². The summed E-state index contributed by atoms with van der Waals surface area (Å²) in [7, 11) is -4.27. The number of phosphoric acid groups is 1. The molecule has 0 heterocycles. The van der Waals surface area contributed by atoms with E-state index in [-0.39, 0.29) is 6.61 Å². The molecule has 1 unspecified atom stereocenters. The summed E-state index contributed by atoms with van der Waals surface area (Å²) in [6.45, 7) is 6.12. The van der Waals surface area contributed by atoms with E-state index in [9.17, 15) is 9.36 Å². The Bertz CT molecular complexity index is 234. The molecule has 68 valence electrons. The van der Waals surface area contributed by atoms with Gasteiger partial charge in [-0.1, -0.05) is 12.7 Å². The third-order valence-electron chi connectivity index (χ3n) is 0.728. The van der Waals surface area contributed by atoms with Gasteiger partial charge in [0.25, 0.3) is 0 Å². The predicted molar refractivity (Wildman–Crippen MR) is 42.3 cm³/mol. The Kier molecular flexibility index (Phi) is 4.51. The normalized spacial score (nSPS) is 14.4. The van der Waals surface area contributed by atoms with Gasteiger partial charge in [0.15, 0.2) is 0 Å². The second kappa shape index (κ2) is 4.87. The van der Waals surface area contributed by atoms with Crippen molar-refractivity contribution in [3.8, 4) is 0 Å². The van der Waals surface area contributed by atoms with Crippen molar-refractivity contribution in [2.75, 3.05) is 6.61 Å². The number of carbonyl (C=O) groups is 1. The first-order valence-electron chi connectivity index (χ1n) is 2.96. The zero-order chi connectivity index (χ0) is 9.61. The van der Waals surface area contributed by atoms with Gasteiger partial charge in [-0.3, -0.25) is 9.42 Å². The molecule has 0 aliphatic carbocycles. The lowest BCUT2D eigenvalue weighted by Gasteiger charge is -2.07. The summed E-state index contributed by atoms with van der Waals surface area (Å²) in [6.07, 6.45) is 2.02. The molecule has 1 atom stereocenters. The molecule has 1 N–H and O–H groups in total. The van der Waals surface area contributed by atoms with Crippen LogP contribution in [0.3, 0.4) is 0 Å². The molecule has 0 saturated heterocycles. The maximum Gasteiger partial charge on any atom is 0.530 e. The minimum Gasteiger partial charge on any atom is -0.367 e. The molecular weight excluding hydrogens is 183 g/mol. The van der Waals surface area contributed by atoms with Crippen LogP contribution in [0.25, 0.3) is 0 Å². The Morgan fingerprint density at radius 1 is 1.58 bits per heavy atom. The zero-order valence-electron chi connectivity index (χ0n) is 6.30. The van der Waals surface area contributed by atoms with Crippen LogP contribution in [-0.4, -0.2) is 17.5 Å². The number of hydrogen-bond acceptors (Lipinski definition) is 4. The van der Waals surface area contributed by atoms with Gasteiger partial charge in [-0.25, -0.2) is 9.36 Å². The second-order valence-electron chi connectivity index (χ2n) is 1.67. The minimum absolute atomic E-state index is 0.168. The highest BCUT2D eigenvalue weighted by Crippen LogP contribution is 2.43. The van der Waals surface area contributed by atoms with Crippen LogP contribution in [0.15, 0.2) is 25.3 Å². The molecule has 0 saturated carbocycles. The van der Waals surface area contributed by atoms with Crippen molar-refractivity contribution in [2.45, 2.75) is 0 Å². The van der Waals surface area contributed by atoms with E-state index in [0.717, 1.165) is 6.08 Å². The summed E-state index contributed by atoms with van der Waals surface area (Å²) in [5.74, 6) is -1.01. The molecule has 0 fully saturated rings. The first-order valence-corrected chi connectivity index (χ1v) is 4.45. The van der Waals surface area contributed by atoms with Gasteiger partial charge in [0, 0.05) is 6.08 Å². The van der Waals surface area contributed by atoms with Crippen LogP contribution in [0, 0.1) is 0 Å². The number of rotatable bonds is 5. The van der Waals surface area contributed by atoms with Crippen molar-refractivity contribution in [1.82, 2.24) is 0 Å². The van der Waals surface area contributed by atoms with Crippen LogP contribution in [0.4, 0.5) is 0 Å². The van der Waals surface area contributed by atoms with Crippen LogP contribution in [0.5, 0.6) is 0 Å². The second-order valence-corrected chi connectivity index (χ2v) is 3.05. The van der Waals surface area contributed by atoms with Gasteiger partial charge in [0.05, 0.1) is 6.61 Å². The largest absolute Gasteiger partial charge is 0.530 e. The van der Waals surface area contributed by atoms with E-state index in [4.69, 9.17) is 4.89 Å². The molecule has 5 nitrogen and oxygen atoms in total. The molecule has 6 heteroatoms. The van der Waals surface area contributed by atoms with Gasteiger partial charge in [-0.15, -0.1) is 6.58 Å². The van der Waals surface area contributed by atoms with E-state index in [0.29, 0.717) is 0 Å². The minimum atomic E-state index is -4.27. The summed E-state index contributed by atoms with van der Waals surface area (Å²) >= 11 is 0. The van der Waals surface area contributed by atoms with E-state index in [1.165, 1.54) is 6.08 Å². The van der Waals surface area contributed by atoms with E-state index in [2.05, 4.69) is 22.2 Å². The maximum atomic E-state index is 10.7. The highest BCUT2D eigenvalue weighted by atomic mass is 31.2. The molecular formula is C6H9O5P. The molecule has 0 amide bonds. The average molecular weight is 192 g/mol. The fourth-order valence-corrected chi connectivity index (χ4v) is 0.973. The Labute approximate surface area is 69.9 Å². The SMILES string of the molecule is C=CCOP(=O)(O)OC(=O)C=C. The zero-order valence-corrected chi connectivity index (χ0v) is 7.20. The van der Waals surface area contributed by atoms with E-state index < -0.39 is 13.8 Å². The van der Waals surface area contributed by atoms with Crippen molar-refractivity contribution in [2.24, 2.45) is 0 Å². The van der Waals surface area contributed by atoms with Crippen molar-refractivity contribution in [3.05, 3.63) is 25.3 Å². The van der Waals surface area contributed by atoms with Gasteiger partial charge < -0.3 is 4.52 Å². The van der Waals surface area contributed by atoms with E-state index >= 15 is 0 Å². The predicted octanol–water partition coefficient (Wildman–Crippen LogP) is 1.02. The van der Waals surface area contributed by atoms with Crippen LogP contribution in [0.1, 0.15) is 0 Å². The standard InChI is InChI=1S/C6H9O5P/c1-3-5-10-12(8,9)11-6(7)4-2/h3-4H,1-2,5H2,(H,8,9). The number of hydrogen-bond donors (Lipinski definition) is 1. The molecule has 0 aromatic rings. The van der Waals surface area contributed by atoms with Gasteiger partial charge >= 0.3 is 13.8 Å². The number of carbonyl (C=O) groups excluding carboxylic acids is 1. The summed E-state index contributed by atoms with van der Waals surface area (Å²) in [4.78, 5) is 19.2. The van der Waals surface area contributed by atoms with Crippen molar-refractivity contribution >= 4 is 13.8 Å². The van der Waals surface area contributed by atoms with Crippen molar-refractivity contribution in [1.29, 1.82) is 0 Å². The number of phosphoric ester groups is 1. The Morgan fingerprint density at radius 2 is 2.17 bits per heavy atom. The Hall–Kier alpha value is -0.900. The third kappa shape index (κ3) is 4.85. The molecule has 0 aromatic carbocycles.